The van der Waals surface area contributed by atoms with Crippen molar-refractivity contribution >= 4 is 15.9 Å². The first-order valence-electron chi connectivity index (χ1n) is 6.88. The van der Waals surface area contributed by atoms with E-state index >= 15 is 0 Å². The maximum Gasteiger partial charge on any atom is 0.0833 e. The lowest BCUT2D eigenvalue weighted by molar-refractivity contribution is 0.523. The number of halogens is 1. The van der Waals surface area contributed by atoms with Crippen molar-refractivity contribution in [1.29, 1.82) is 0 Å². The zero-order chi connectivity index (χ0) is 14.5. The standard InChI is InChI=1S/C15H21BrN4/c1-11(2)17-9-13(8-15-10-20(3)19-18-15)12-4-6-14(16)7-5-12/h4-7,10-11,13,17H,8-9H2,1-3H3. The molecule has 0 radical (unpaired) electrons. The zero-order valence-corrected chi connectivity index (χ0v) is 13.8. The summed E-state index contributed by atoms with van der Waals surface area (Å²) >= 11 is 3.49. The summed E-state index contributed by atoms with van der Waals surface area (Å²) in [5.74, 6) is 0.405. The summed E-state index contributed by atoms with van der Waals surface area (Å²) in [6, 6.07) is 9.01. The normalized spacial score (nSPS) is 12.8. The van der Waals surface area contributed by atoms with Gasteiger partial charge in [0.2, 0.25) is 0 Å². The van der Waals surface area contributed by atoms with E-state index in [1.54, 1.807) is 4.68 Å². The lowest BCUT2D eigenvalue weighted by Gasteiger charge is -2.19. The van der Waals surface area contributed by atoms with Gasteiger partial charge in [-0.05, 0) is 17.7 Å². The molecule has 1 aromatic carbocycles. The van der Waals surface area contributed by atoms with Gasteiger partial charge in [0.25, 0.3) is 0 Å². The second kappa shape index (κ2) is 6.99. The van der Waals surface area contributed by atoms with E-state index in [4.69, 9.17) is 0 Å². The van der Waals surface area contributed by atoms with Crippen LogP contribution in [0.15, 0.2) is 34.9 Å². The Bertz CT molecular complexity index is 533. The van der Waals surface area contributed by atoms with Crippen LogP contribution in [-0.4, -0.2) is 27.6 Å². The van der Waals surface area contributed by atoms with E-state index in [9.17, 15) is 0 Å². The van der Waals surface area contributed by atoms with Crippen molar-refractivity contribution in [1.82, 2.24) is 20.3 Å². The van der Waals surface area contributed by atoms with Crippen LogP contribution in [0.4, 0.5) is 0 Å². The van der Waals surface area contributed by atoms with Crippen LogP contribution < -0.4 is 5.32 Å². The number of nitrogens with zero attached hydrogens (tertiary/aromatic N) is 3. The third-order valence-electron chi connectivity index (χ3n) is 3.22. The van der Waals surface area contributed by atoms with E-state index in [1.165, 1.54) is 5.56 Å². The number of aromatic nitrogens is 3. The van der Waals surface area contributed by atoms with Crippen LogP contribution in [0.1, 0.15) is 31.0 Å². The summed E-state index contributed by atoms with van der Waals surface area (Å²) in [6.45, 7) is 5.28. The summed E-state index contributed by atoms with van der Waals surface area (Å²) < 4.78 is 2.86. The summed E-state index contributed by atoms with van der Waals surface area (Å²) in [5.41, 5.74) is 2.36. The first-order valence-corrected chi connectivity index (χ1v) is 7.68. The van der Waals surface area contributed by atoms with Gasteiger partial charge in [0.15, 0.2) is 0 Å². The van der Waals surface area contributed by atoms with Crippen LogP contribution in [0.5, 0.6) is 0 Å². The minimum atomic E-state index is 0.405. The fourth-order valence-corrected chi connectivity index (χ4v) is 2.43. The molecule has 0 aliphatic heterocycles. The molecule has 2 rings (SSSR count). The van der Waals surface area contributed by atoms with Gasteiger partial charge in [0.05, 0.1) is 5.69 Å². The third-order valence-corrected chi connectivity index (χ3v) is 3.75. The van der Waals surface area contributed by atoms with Crippen molar-refractivity contribution in [3.05, 3.63) is 46.2 Å². The molecule has 0 saturated carbocycles. The Morgan fingerprint density at radius 1 is 1.25 bits per heavy atom. The van der Waals surface area contributed by atoms with Crippen LogP contribution in [0, 0.1) is 0 Å². The Kier molecular flexibility index (Phi) is 5.31. The summed E-state index contributed by atoms with van der Waals surface area (Å²) in [7, 11) is 1.90. The van der Waals surface area contributed by atoms with Crippen molar-refractivity contribution in [3.63, 3.8) is 0 Å². The van der Waals surface area contributed by atoms with Gasteiger partial charge in [-0.1, -0.05) is 47.1 Å². The second-order valence-corrected chi connectivity index (χ2v) is 6.31. The highest BCUT2D eigenvalue weighted by Crippen LogP contribution is 2.21. The van der Waals surface area contributed by atoms with Gasteiger partial charge < -0.3 is 5.32 Å². The zero-order valence-electron chi connectivity index (χ0n) is 12.2. The van der Waals surface area contributed by atoms with Gasteiger partial charge in [-0.25, -0.2) is 0 Å². The molecule has 4 nitrogen and oxygen atoms in total. The second-order valence-electron chi connectivity index (χ2n) is 5.40. The fourth-order valence-electron chi connectivity index (χ4n) is 2.16. The van der Waals surface area contributed by atoms with Gasteiger partial charge in [-0.15, -0.1) is 5.10 Å². The molecule has 1 unspecified atom stereocenters. The summed E-state index contributed by atoms with van der Waals surface area (Å²) in [6.07, 6.45) is 2.89. The molecule has 108 valence electrons. The van der Waals surface area contributed by atoms with Gasteiger partial charge in [0, 0.05) is 42.6 Å². The number of rotatable bonds is 6. The van der Waals surface area contributed by atoms with Gasteiger partial charge in [-0.2, -0.15) is 0 Å². The van der Waals surface area contributed by atoms with E-state index in [0.29, 0.717) is 12.0 Å². The molecule has 0 aliphatic carbocycles. The minimum absolute atomic E-state index is 0.405. The van der Waals surface area contributed by atoms with Crippen molar-refractivity contribution in [3.8, 4) is 0 Å². The van der Waals surface area contributed by atoms with Crippen LogP contribution in [-0.2, 0) is 13.5 Å². The molecule has 0 amide bonds. The molecule has 0 aliphatic rings. The molecule has 1 atom stereocenters. The first-order chi connectivity index (χ1) is 9.54. The first kappa shape index (κ1) is 15.2. The molecule has 0 fully saturated rings. The van der Waals surface area contributed by atoms with Crippen LogP contribution in [0.2, 0.25) is 0 Å². The maximum atomic E-state index is 4.20. The van der Waals surface area contributed by atoms with Crippen LogP contribution >= 0.6 is 15.9 Å². The quantitative estimate of drug-likeness (QED) is 0.881. The monoisotopic (exact) mass is 336 g/mol. The predicted molar refractivity (Wildman–Crippen MR) is 84.7 cm³/mol. The number of nitrogens with one attached hydrogen (secondary N) is 1. The number of aryl methyl sites for hydroxylation is 1. The minimum Gasteiger partial charge on any atom is -0.314 e. The van der Waals surface area contributed by atoms with E-state index < -0.39 is 0 Å². The average Bonchev–Trinajstić information content (AvgIpc) is 2.81. The number of hydrogen-bond donors (Lipinski definition) is 1. The van der Waals surface area contributed by atoms with Crippen molar-refractivity contribution in [2.75, 3.05) is 6.54 Å². The average molecular weight is 337 g/mol. The lowest BCUT2D eigenvalue weighted by Crippen LogP contribution is -2.29. The highest BCUT2D eigenvalue weighted by Gasteiger charge is 2.14. The van der Waals surface area contributed by atoms with Crippen molar-refractivity contribution in [2.45, 2.75) is 32.2 Å². The topological polar surface area (TPSA) is 42.7 Å². The van der Waals surface area contributed by atoms with Crippen molar-refractivity contribution in [2.24, 2.45) is 7.05 Å². The molecule has 5 heteroatoms. The Labute approximate surface area is 128 Å². The van der Waals surface area contributed by atoms with Crippen LogP contribution in [0.25, 0.3) is 0 Å². The van der Waals surface area contributed by atoms with E-state index in [2.05, 4.69) is 69.7 Å². The molecule has 1 heterocycles. The van der Waals surface area contributed by atoms with E-state index in [0.717, 1.165) is 23.1 Å². The van der Waals surface area contributed by atoms with Gasteiger partial charge in [-0.3, -0.25) is 4.68 Å². The largest absolute Gasteiger partial charge is 0.314 e. The lowest BCUT2D eigenvalue weighted by atomic mass is 9.94. The Hall–Kier alpha value is -1.20. The molecule has 2 aromatic rings. The maximum absolute atomic E-state index is 4.20. The third kappa shape index (κ3) is 4.42. The molecular weight excluding hydrogens is 316 g/mol. The molecule has 0 spiro atoms. The smallest absolute Gasteiger partial charge is 0.0833 e. The molecule has 1 N–H and O–H groups in total. The van der Waals surface area contributed by atoms with Crippen molar-refractivity contribution < 1.29 is 0 Å². The molecule has 20 heavy (non-hydrogen) atoms. The van der Waals surface area contributed by atoms with Crippen LogP contribution in [0.3, 0.4) is 0 Å². The molecule has 1 aromatic heterocycles. The Morgan fingerprint density at radius 3 is 2.50 bits per heavy atom. The van der Waals surface area contributed by atoms with Gasteiger partial charge in [0.1, 0.15) is 0 Å². The van der Waals surface area contributed by atoms with E-state index in [1.807, 2.05) is 13.2 Å². The van der Waals surface area contributed by atoms with Gasteiger partial charge >= 0.3 is 0 Å². The SMILES string of the molecule is CC(C)NCC(Cc1cn(C)nn1)c1ccc(Br)cc1. The molecular formula is C15H21BrN4. The predicted octanol–water partition coefficient (Wildman–Crippen LogP) is 2.90. The summed E-state index contributed by atoms with van der Waals surface area (Å²) in [4.78, 5) is 0. The molecule has 0 bridgehead atoms. The Balaban J connectivity index is 2.13. The molecule has 0 saturated heterocycles. The summed E-state index contributed by atoms with van der Waals surface area (Å²) in [5, 5.41) is 11.7. The van der Waals surface area contributed by atoms with E-state index in [-0.39, 0.29) is 0 Å². The fraction of sp³-hybridized carbons (Fsp3) is 0.467. The number of hydrogen-bond acceptors (Lipinski definition) is 3. The Morgan fingerprint density at radius 2 is 1.95 bits per heavy atom. The highest BCUT2D eigenvalue weighted by atomic mass is 79.9. The number of benzene rings is 1. The highest BCUT2D eigenvalue weighted by molar-refractivity contribution is 9.10.